The van der Waals surface area contributed by atoms with E-state index in [0.717, 1.165) is 11.4 Å². The highest BCUT2D eigenvalue weighted by Crippen LogP contribution is 2.36. The van der Waals surface area contributed by atoms with Gasteiger partial charge in [0.1, 0.15) is 5.82 Å². The van der Waals surface area contributed by atoms with Gasteiger partial charge in [0.05, 0.1) is 12.6 Å². The summed E-state index contributed by atoms with van der Waals surface area (Å²) in [7, 11) is -1.73. The van der Waals surface area contributed by atoms with Crippen LogP contribution >= 0.6 is 0 Å². The summed E-state index contributed by atoms with van der Waals surface area (Å²) < 4.78 is 6.10. The van der Waals surface area contributed by atoms with Gasteiger partial charge in [-0.05, 0) is 25.1 Å². The molecule has 1 atom stereocenters. The van der Waals surface area contributed by atoms with Crippen molar-refractivity contribution in [3.8, 4) is 0 Å². The smallest absolute Gasteiger partial charge is 0.192 e. The van der Waals surface area contributed by atoms with Gasteiger partial charge in [0.25, 0.3) is 0 Å². The fourth-order valence-electron chi connectivity index (χ4n) is 1.20. The molecule has 102 valence electrons. The molecule has 0 amide bonds. The quantitative estimate of drug-likeness (QED) is 0.852. The zero-order valence-corrected chi connectivity index (χ0v) is 13.3. The van der Waals surface area contributed by atoms with Gasteiger partial charge in [0.2, 0.25) is 0 Å². The van der Waals surface area contributed by atoms with Crippen molar-refractivity contribution in [1.82, 2.24) is 9.97 Å². The number of nitrogens with zero attached hydrogens (tertiary/aromatic N) is 2. The molecular formula is C13H25N3OSi. The Morgan fingerprint density at radius 3 is 2.22 bits per heavy atom. The largest absolute Gasteiger partial charge is 0.415 e. The number of aromatic nitrogens is 2. The Hall–Kier alpha value is -0.783. The van der Waals surface area contributed by atoms with Crippen molar-refractivity contribution in [2.75, 3.05) is 6.61 Å². The predicted octanol–water partition coefficient (Wildman–Crippen LogP) is 2.81. The van der Waals surface area contributed by atoms with E-state index in [1.807, 2.05) is 6.92 Å². The number of nitrogens with two attached hydrogens (primary N) is 1. The molecule has 18 heavy (non-hydrogen) atoms. The van der Waals surface area contributed by atoms with E-state index in [1.165, 1.54) is 0 Å². The molecule has 0 aliphatic carbocycles. The molecule has 0 radical (unpaired) electrons. The molecule has 2 N–H and O–H groups in total. The van der Waals surface area contributed by atoms with E-state index in [-0.39, 0.29) is 11.1 Å². The molecule has 1 aromatic heterocycles. The minimum Gasteiger partial charge on any atom is -0.415 e. The summed E-state index contributed by atoms with van der Waals surface area (Å²) in [5, 5.41) is 0.205. The lowest BCUT2D eigenvalue weighted by atomic mass is 10.2. The summed E-state index contributed by atoms with van der Waals surface area (Å²) in [5.74, 6) is 0.760. The van der Waals surface area contributed by atoms with Gasteiger partial charge < -0.3 is 10.2 Å². The van der Waals surface area contributed by atoms with E-state index in [2.05, 4.69) is 43.8 Å². The second-order valence-electron chi connectivity index (χ2n) is 6.24. The van der Waals surface area contributed by atoms with Gasteiger partial charge in [-0.15, -0.1) is 0 Å². The number of rotatable bonds is 4. The minimum absolute atomic E-state index is 0.153. The number of hydrogen-bond acceptors (Lipinski definition) is 4. The summed E-state index contributed by atoms with van der Waals surface area (Å²) in [5.41, 5.74) is 7.04. The molecule has 0 aromatic carbocycles. The lowest BCUT2D eigenvalue weighted by Crippen LogP contribution is -2.42. The minimum atomic E-state index is -1.73. The molecule has 1 unspecified atom stereocenters. The fourth-order valence-corrected chi connectivity index (χ4v) is 2.23. The fraction of sp³-hybridized carbons (Fsp3) is 0.692. The normalized spacial score (nSPS) is 14.6. The molecule has 0 fully saturated rings. The molecule has 1 rings (SSSR count). The molecule has 5 heteroatoms. The second kappa shape index (κ2) is 5.46. The highest BCUT2D eigenvalue weighted by atomic mass is 28.4. The lowest BCUT2D eigenvalue weighted by Gasteiger charge is -2.36. The van der Waals surface area contributed by atoms with Crippen molar-refractivity contribution >= 4 is 8.32 Å². The first kappa shape index (κ1) is 15.3. The molecule has 0 spiro atoms. The van der Waals surface area contributed by atoms with Crippen molar-refractivity contribution in [2.45, 2.75) is 51.9 Å². The van der Waals surface area contributed by atoms with Crippen LogP contribution < -0.4 is 5.73 Å². The van der Waals surface area contributed by atoms with Crippen LogP contribution in [-0.4, -0.2) is 24.9 Å². The lowest BCUT2D eigenvalue weighted by molar-refractivity contribution is 0.264. The van der Waals surface area contributed by atoms with Crippen molar-refractivity contribution in [1.29, 1.82) is 0 Å². The Morgan fingerprint density at radius 1 is 1.28 bits per heavy atom. The summed E-state index contributed by atoms with van der Waals surface area (Å²) in [6.45, 7) is 13.5. The van der Waals surface area contributed by atoms with Crippen LogP contribution in [0.2, 0.25) is 18.1 Å². The SMILES string of the molecule is Cc1ncc(C(N)CO[Si](C)(C)C(C)(C)C)cn1. The van der Waals surface area contributed by atoms with Crippen LogP contribution in [0.5, 0.6) is 0 Å². The Kier molecular flexibility index (Phi) is 4.64. The van der Waals surface area contributed by atoms with Crippen molar-refractivity contribution in [3.63, 3.8) is 0 Å². The van der Waals surface area contributed by atoms with Gasteiger partial charge in [0, 0.05) is 18.0 Å². The molecule has 0 aliphatic rings. The van der Waals surface area contributed by atoms with Crippen LogP contribution in [0, 0.1) is 6.92 Å². The van der Waals surface area contributed by atoms with E-state index in [0.29, 0.717) is 6.61 Å². The van der Waals surface area contributed by atoms with Gasteiger partial charge in [-0.1, -0.05) is 20.8 Å². The van der Waals surface area contributed by atoms with Gasteiger partial charge >= 0.3 is 0 Å². The third-order valence-electron chi connectivity index (χ3n) is 3.66. The molecule has 1 aromatic rings. The molecular weight excluding hydrogens is 242 g/mol. The molecule has 0 saturated carbocycles. The molecule has 4 nitrogen and oxygen atoms in total. The molecule has 1 heterocycles. The van der Waals surface area contributed by atoms with Crippen LogP contribution in [0.4, 0.5) is 0 Å². The Morgan fingerprint density at radius 2 is 1.78 bits per heavy atom. The Labute approximate surface area is 111 Å². The highest BCUT2D eigenvalue weighted by Gasteiger charge is 2.37. The van der Waals surface area contributed by atoms with Crippen LogP contribution in [0.25, 0.3) is 0 Å². The van der Waals surface area contributed by atoms with Crippen molar-refractivity contribution in [3.05, 3.63) is 23.8 Å². The first-order valence-electron chi connectivity index (χ1n) is 6.31. The van der Waals surface area contributed by atoms with Crippen molar-refractivity contribution in [2.24, 2.45) is 5.73 Å². The standard InChI is InChI=1S/C13H25N3OSi/c1-10-15-7-11(8-16-10)12(14)9-17-18(5,6)13(2,3)4/h7-8,12H,9,14H2,1-6H3. The van der Waals surface area contributed by atoms with E-state index in [9.17, 15) is 0 Å². The van der Waals surface area contributed by atoms with Crippen molar-refractivity contribution < 1.29 is 4.43 Å². The van der Waals surface area contributed by atoms with E-state index >= 15 is 0 Å². The van der Waals surface area contributed by atoms with E-state index < -0.39 is 8.32 Å². The monoisotopic (exact) mass is 267 g/mol. The first-order chi connectivity index (χ1) is 8.13. The van der Waals surface area contributed by atoms with Crippen LogP contribution in [0.3, 0.4) is 0 Å². The maximum absolute atomic E-state index is 6.11. The summed E-state index contributed by atoms with van der Waals surface area (Å²) >= 11 is 0. The zero-order valence-electron chi connectivity index (χ0n) is 12.3. The molecule has 0 bridgehead atoms. The highest BCUT2D eigenvalue weighted by molar-refractivity contribution is 6.74. The van der Waals surface area contributed by atoms with Gasteiger partial charge in [0.15, 0.2) is 8.32 Å². The molecule has 0 saturated heterocycles. The maximum Gasteiger partial charge on any atom is 0.192 e. The zero-order chi connectivity index (χ0) is 14.0. The average Bonchev–Trinajstić information content (AvgIpc) is 2.25. The Bertz CT molecular complexity index is 384. The average molecular weight is 267 g/mol. The predicted molar refractivity (Wildman–Crippen MR) is 76.8 cm³/mol. The van der Waals surface area contributed by atoms with E-state index in [1.54, 1.807) is 12.4 Å². The molecule has 0 aliphatic heterocycles. The topological polar surface area (TPSA) is 61.0 Å². The van der Waals surface area contributed by atoms with Gasteiger partial charge in [-0.3, -0.25) is 0 Å². The Balaban J connectivity index is 2.61. The summed E-state index contributed by atoms with van der Waals surface area (Å²) in [6, 6.07) is -0.153. The van der Waals surface area contributed by atoms with Gasteiger partial charge in [-0.2, -0.15) is 0 Å². The summed E-state index contributed by atoms with van der Waals surface area (Å²) in [6.07, 6.45) is 3.56. The van der Waals surface area contributed by atoms with Crippen LogP contribution in [0.1, 0.15) is 38.2 Å². The second-order valence-corrected chi connectivity index (χ2v) is 11.1. The third kappa shape index (κ3) is 3.86. The third-order valence-corrected chi connectivity index (χ3v) is 8.16. The maximum atomic E-state index is 6.11. The van der Waals surface area contributed by atoms with Gasteiger partial charge in [-0.25, -0.2) is 9.97 Å². The summed E-state index contributed by atoms with van der Waals surface area (Å²) in [4.78, 5) is 8.32. The van der Waals surface area contributed by atoms with Crippen LogP contribution in [0.15, 0.2) is 12.4 Å². The number of hydrogen-bond donors (Lipinski definition) is 1. The van der Waals surface area contributed by atoms with E-state index in [4.69, 9.17) is 10.2 Å². The van der Waals surface area contributed by atoms with Crippen LogP contribution in [-0.2, 0) is 4.43 Å². The first-order valence-corrected chi connectivity index (χ1v) is 9.22. The number of aryl methyl sites for hydroxylation is 1.